The summed E-state index contributed by atoms with van der Waals surface area (Å²) in [6.07, 6.45) is 1.26. The van der Waals surface area contributed by atoms with Gasteiger partial charge in [-0.1, -0.05) is 0 Å². The van der Waals surface area contributed by atoms with E-state index >= 15 is 0 Å². The van der Waals surface area contributed by atoms with Gasteiger partial charge in [0.1, 0.15) is 12.2 Å². The number of aromatic nitrogens is 3. The highest BCUT2D eigenvalue weighted by Gasteiger charge is 2.01. The van der Waals surface area contributed by atoms with E-state index in [0.29, 0.717) is 5.82 Å². The lowest BCUT2D eigenvalue weighted by Gasteiger charge is -2.12. The maximum absolute atomic E-state index is 11.0. The summed E-state index contributed by atoms with van der Waals surface area (Å²) in [7, 11) is 3.95. The molecule has 2 rings (SSSR count). The maximum atomic E-state index is 11.0. The Kier molecular flexibility index (Phi) is 2.68. The quantitative estimate of drug-likeness (QED) is 0.810. The fraction of sp³-hybridized carbons (Fsp3) is 0.182. The molecule has 5 nitrogen and oxygen atoms in total. The number of nitrogens with one attached hydrogen (secondary N) is 1. The van der Waals surface area contributed by atoms with Gasteiger partial charge in [0.15, 0.2) is 0 Å². The number of hydrogen-bond donors (Lipinski definition) is 1. The molecule has 0 aliphatic heterocycles. The highest BCUT2D eigenvalue weighted by molar-refractivity contribution is 5.59. The second kappa shape index (κ2) is 4.14. The number of anilines is 1. The zero-order valence-corrected chi connectivity index (χ0v) is 9.14. The van der Waals surface area contributed by atoms with Gasteiger partial charge in [-0.2, -0.15) is 4.98 Å². The molecule has 0 fully saturated rings. The van der Waals surface area contributed by atoms with Crippen molar-refractivity contribution in [3.05, 3.63) is 41.1 Å². The molecule has 16 heavy (non-hydrogen) atoms. The molecular weight excluding hydrogens is 204 g/mol. The Morgan fingerprint density at radius 1 is 1.12 bits per heavy atom. The van der Waals surface area contributed by atoms with Crippen molar-refractivity contribution in [1.82, 2.24) is 15.0 Å². The predicted molar refractivity (Wildman–Crippen MR) is 62.4 cm³/mol. The lowest BCUT2D eigenvalue weighted by molar-refractivity contribution is 0.994. The van der Waals surface area contributed by atoms with Crippen LogP contribution < -0.4 is 10.6 Å². The van der Waals surface area contributed by atoms with Crippen LogP contribution in [0.4, 0.5) is 5.69 Å². The lowest BCUT2D eigenvalue weighted by atomic mass is 10.2. The minimum atomic E-state index is -0.387. The van der Waals surface area contributed by atoms with Gasteiger partial charge >= 0.3 is 5.69 Å². The van der Waals surface area contributed by atoms with Crippen LogP contribution in [-0.2, 0) is 0 Å². The Labute approximate surface area is 92.8 Å². The molecule has 0 amide bonds. The second-order valence-corrected chi connectivity index (χ2v) is 3.59. The largest absolute Gasteiger partial charge is 0.378 e. The molecule has 0 saturated heterocycles. The van der Waals surface area contributed by atoms with E-state index in [-0.39, 0.29) is 5.69 Å². The zero-order chi connectivity index (χ0) is 11.5. The molecule has 82 valence electrons. The van der Waals surface area contributed by atoms with Gasteiger partial charge in [-0.25, -0.2) is 9.78 Å². The van der Waals surface area contributed by atoms with Crippen LogP contribution in [0.3, 0.4) is 0 Å². The van der Waals surface area contributed by atoms with E-state index in [4.69, 9.17) is 0 Å². The predicted octanol–water partition coefficient (Wildman–Crippen LogP) is 0.898. The van der Waals surface area contributed by atoms with E-state index in [9.17, 15) is 4.79 Å². The summed E-state index contributed by atoms with van der Waals surface area (Å²) in [4.78, 5) is 23.1. The zero-order valence-electron chi connectivity index (χ0n) is 9.14. The van der Waals surface area contributed by atoms with Crippen LogP contribution in [0.1, 0.15) is 0 Å². The number of benzene rings is 1. The van der Waals surface area contributed by atoms with Gasteiger partial charge in [0.2, 0.25) is 0 Å². The Balaban J connectivity index is 2.38. The monoisotopic (exact) mass is 216 g/mol. The van der Waals surface area contributed by atoms with Gasteiger partial charge in [0.25, 0.3) is 0 Å². The Morgan fingerprint density at radius 3 is 2.38 bits per heavy atom. The molecule has 1 aromatic heterocycles. The SMILES string of the molecule is CN(C)c1ccc(-c2ncnc(=O)[nH]2)cc1. The van der Waals surface area contributed by atoms with Crippen molar-refractivity contribution in [1.29, 1.82) is 0 Å². The highest BCUT2D eigenvalue weighted by atomic mass is 16.1. The molecule has 0 aliphatic rings. The van der Waals surface area contributed by atoms with E-state index in [1.165, 1.54) is 6.33 Å². The first kappa shape index (κ1) is 10.4. The van der Waals surface area contributed by atoms with Crippen LogP contribution in [0.5, 0.6) is 0 Å². The van der Waals surface area contributed by atoms with Crippen molar-refractivity contribution in [3.8, 4) is 11.4 Å². The minimum Gasteiger partial charge on any atom is -0.378 e. The molecule has 1 N–H and O–H groups in total. The molecule has 0 radical (unpaired) electrons. The van der Waals surface area contributed by atoms with E-state index in [2.05, 4.69) is 15.0 Å². The summed E-state index contributed by atoms with van der Waals surface area (Å²) < 4.78 is 0. The Hall–Kier alpha value is -2.17. The van der Waals surface area contributed by atoms with E-state index < -0.39 is 0 Å². The second-order valence-electron chi connectivity index (χ2n) is 3.59. The number of rotatable bonds is 2. The highest BCUT2D eigenvalue weighted by Crippen LogP contribution is 2.17. The van der Waals surface area contributed by atoms with Crippen molar-refractivity contribution >= 4 is 5.69 Å². The van der Waals surface area contributed by atoms with Crippen LogP contribution in [0.25, 0.3) is 11.4 Å². The van der Waals surface area contributed by atoms with Crippen molar-refractivity contribution in [2.75, 3.05) is 19.0 Å². The summed E-state index contributed by atoms with van der Waals surface area (Å²) in [6, 6.07) is 7.76. The fourth-order valence-electron chi connectivity index (χ4n) is 1.37. The standard InChI is InChI=1S/C11H12N4O/c1-15(2)9-5-3-8(4-6-9)10-12-7-13-11(16)14-10/h3-7H,1-2H3,(H,12,13,14,16). The molecule has 0 spiro atoms. The molecule has 1 heterocycles. The van der Waals surface area contributed by atoms with Gasteiger partial charge in [-0.05, 0) is 24.3 Å². The molecule has 0 aliphatic carbocycles. The van der Waals surface area contributed by atoms with Crippen LogP contribution in [0, 0.1) is 0 Å². The molecule has 0 atom stereocenters. The first-order valence-electron chi connectivity index (χ1n) is 4.86. The molecule has 0 saturated carbocycles. The molecular formula is C11H12N4O. The third kappa shape index (κ3) is 2.08. The summed E-state index contributed by atoms with van der Waals surface area (Å²) in [5.41, 5.74) is 1.58. The summed E-state index contributed by atoms with van der Waals surface area (Å²) >= 11 is 0. The van der Waals surface area contributed by atoms with E-state index in [1.807, 2.05) is 43.3 Å². The van der Waals surface area contributed by atoms with Crippen molar-refractivity contribution in [2.24, 2.45) is 0 Å². The third-order valence-corrected chi connectivity index (χ3v) is 2.24. The first-order valence-corrected chi connectivity index (χ1v) is 4.86. The van der Waals surface area contributed by atoms with Gasteiger partial charge < -0.3 is 4.90 Å². The molecule has 0 bridgehead atoms. The number of nitrogens with zero attached hydrogens (tertiary/aromatic N) is 3. The molecule has 2 aromatic rings. The van der Waals surface area contributed by atoms with Crippen LogP contribution in [0.15, 0.2) is 35.4 Å². The fourth-order valence-corrected chi connectivity index (χ4v) is 1.37. The lowest BCUT2D eigenvalue weighted by Crippen LogP contribution is -2.11. The first-order chi connectivity index (χ1) is 7.66. The Morgan fingerprint density at radius 2 is 1.81 bits per heavy atom. The number of aromatic amines is 1. The summed E-state index contributed by atoms with van der Waals surface area (Å²) in [6.45, 7) is 0. The third-order valence-electron chi connectivity index (χ3n) is 2.24. The van der Waals surface area contributed by atoms with Crippen molar-refractivity contribution in [3.63, 3.8) is 0 Å². The molecule has 5 heteroatoms. The van der Waals surface area contributed by atoms with Crippen LogP contribution >= 0.6 is 0 Å². The topological polar surface area (TPSA) is 61.9 Å². The Bertz CT molecular complexity index is 530. The van der Waals surface area contributed by atoms with Crippen LogP contribution in [0.2, 0.25) is 0 Å². The number of hydrogen-bond acceptors (Lipinski definition) is 4. The van der Waals surface area contributed by atoms with Gasteiger partial charge in [-0.15, -0.1) is 0 Å². The van der Waals surface area contributed by atoms with Crippen molar-refractivity contribution < 1.29 is 0 Å². The average molecular weight is 216 g/mol. The normalized spacial score (nSPS) is 10.1. The van der Waals surface area contributed by atoms with Gasteiger partial charge in [-0.3, -0.25) is 4.98 Å². The number of H-pyrrole nitrogens is 1. The van der Waals surface area contributed by atoms with Gasteiger partial charge in [0.05, 0.1) is 0 Å². The molecule has 0 unspecified atom stereocenters. The summed E-state index contributed by atoms with van der Waals surface area (Å²) in [5, 5.41) is 0. The van der Waals surface area contributed by atoms with E-state index in [0.717, 1.165) is 11.3 Å². The van der Waals surface area contributed by atoms with Crippen molar-refractivity contribution in [2.45, 2.75) is 0 Å². The maximum Gasteiger partial charge on any atom is 0.348 e. The van der Waals surface area contributed by atoms with Gasteiger partial charge in [0, 0.05) is 25.3 Å². The summed E-state index contributed by atoms with van der Waals surface area (Å²) in [5.74, 6) is 0.533. The minimum absolute atomic E-state index is 0.387. The van der Waals surface area contributed by atoms with Crippen LogP contribution in [-0.4, -0.2) is 29.0 Å². The molecule has 1 aromatic carbocycles. The smallest absolute Gasteiger partial charge is 0.348 e. The average Bonchev–Trinajstić information content (AvgIpc) is 2.29. The van der Waals surface area contributed by atoms with E-state index in [1.54, 1.807) is 0 Å².